The number of amides is 1. The summed E-state index contributed by atoms with van der Waals surface area (Å²) in [4.78, 5) is 11.8. The van der Waals surface area contributed by atoms with E-state index in [0.29, 0.717) is 12.8 Å². The van der Waals surface area contributed by atoms with Gasteiger partial charge in [-0.15, -0.1) is 19.6 Å². The topological polar surface area (TPSA) is 200 Å². The van der Waals surface area contributed by atoms with E-state index in [1.807, 2.05) is 0 Å². The minimum Gasteiger partial charge on any atom is -0.691 e. The number of carbonyl (C=O) groups is 1. The highest BCUT2D eigenvalue weighted by atomic mass is 32.2. The van der Waals surface area contributed by atoms with Gasteiger partial charge in [0.2, 0.25) is 5.91 Å². The molecule has 19 heteroatoms. The van der Waals surface area contributed by atoms with Gasteiger partial charge < -0.3 is 30.6 Å². The zero-order chi connectivity index (χ0) is 23.6. The van der Waals surface area contributed by atoms with E-state index < -0.39 is 36.6 Å². The van der Waals surface area contributed by atoms with E-state index >= 15 is 0 Å². The van der Waals surface area contributed by atoms with Crippen LogP contribution in [0, 0.1) is 0 Å². The highest BCUT2D eigenvalue weighted by Gasteiger charge is 2.50. The molecule has 1 N–H and O–H groups in total. The lowest BCUT2D eigenvalue weighted by Crippen LogP contribution is -2.65. The van der Waals surface area contributed by atoms with Crippen molar-refractivity contribution in [3.05, 3.63) is 12.7 Å². The normalized spacial score (nSPS) is 25.6. The number of carbonyl (C=O) groups excluding carboxylic acids is 1. The van der Waals surface area contributed by atoms with E-state index in [0.717, 1.165) is 0 Å². The van der Waals surface area contributed by atoms with Crippen LogP contribution in [0.2, 0.25) is 0 Å². The molecule has 1 fully saturated rings. The number of nitrogens with one attached hydrogen (secondary N) is 1. The van der Waals surface area contributed by atoms with Gasteiger partial charge in [0.25, 0.3) is 0 Å². The largest absolute Gasteiger partial charge is 0.691 e. The highest BCUT2D eigenvalue weighted by Crippen LogP contribution is 2.32. The van der Waals surface area contributed by atoms with Crippen molar-refractivity contribution in [3.63, 3.8) is 0 Å². The van der Waals surface area contributed by atoms with Gasteiger partial charge in [-0.05, 0) is 12.8 Å². The molecule has 1 saturated heterocycles. The Bertz CT molecular complexity index is 509. The first-order chi connectivity index (χ1) is 15.6. The Hall–Kier alpha value is -0.300. The molecule has 0 aliphatic carbocycles. The summed E-state index contributed by atoms with van der Waals surface area (Å²) in [5, 5.41) is 42.3. The molecule has 0 spiro atoms. The van der Waals surface area contributed by atoms with E-state index in [1.165, 1.54) is 6.92 Å². The van der Waals surface area contributed by atoms with Crippen molar-refractivity contribution >= 4 is 42.9 Å². The van der Waals surface area contributed by atoms with Crippen molar-refractivity contribution in [2.24, 2.45) is 0 Å². The summed E-state index contributed by atoms with van der Waals surface area (Å²) in [5.74, 6) is -0.477. The van der Waals surface area contributed by atoms with Gasteiger partial charge in [-0.1, -0.05) is 6.08 Å². The quantitative estimate of drug-likeness (QED) is 0.0658. The van der Waals surface area contributed by atoms with Crippen LogP contribution in [0.4, 0.5) is 0 Å². The number of hydrogen-bond acceptors (Lipinski definition) is 18. The summed E-state index contributed by atoms with van der Waals surface area (Å²) in [6, 6.07) is -1.01. The van der Waals surface area contributed by atoms with Crippen LogP contribution in [-0.4, -0.2) is 49.8 Å². The van der Waals surface area contributed by atoms with Gasteiger partial charge in [0.05, 0.1) is 13.2 Å². The molecule has 1 heterocycles. The zero-order valence-corrected chi connectivity index (χ0v) is 18.8. The molecule has 5 atom stereocenters. The maximum absolute atomic E-state index is 11.8. The second kappa shape index (κ2) is 19.1. The Morgan fingerprint density at radius 1 is 1.06 bits per heavy atom. The van der Waals surface area contributed by atoms with Crippen molar-refractivity contribution in [1.82, 2.24) is 5.32 Å². The molecular weight excluding hydrogens is 506 g/mol. The van der Waals surface area contributed by atoms with Crippen molar-refractivity contribution in [3.8, 4) is 0 Å². The van der Waals surface area contributed by atoms with E-state index in [2.05, 4.69) is 40.0 Å². The molecule has 0 radical (unpaired) electrons. The fourth-order valence-corrected chi connectivity index (χ4v) is 3.50. The Kier molecular flexibility index (Phi) is 17.7. The molecule has 32 heavy (non-hydrogen) atoms. The van der Waals surface area contributed by atoms with Crippen LogP contribution in [0.25, 0.3) is 0 Å². The number of rotatable bonds is 19. The minimum absolute atomic E-state index is 0.126. The van der Waals surface area contributed by atoms with Gasteiger partial charge in [0, 0.05) is 6.92 Å². The standard InChI is InChI=1S/C13H23NO15S3/c1-3-4-5-6-19-13-10(14-8(2)15)12(23-32-29-26-18)11(22-31-28-25-17)9(21-13)7-20-30-27-24-16/h3,9-13,16-18H,1,4-7H2,2H3,(H,14,15)/p-3/t9?,10?,11-,12+,13+/m0/s1. The monoisotopic (exact) mass is 526 g/mol. The van der Waals surface area contributed by atoms with E-state index in [4.69, 9.17) is 22.0 Å². The maximum atomic E-state index is 11.8. The number of ether oxygens (including phenoxy) is 2. The maximum Gasteiger partial charge on any atom is 0.217 e. The number of allylic oxidation sites excluding steroid dienone is 1. The van der Waals surface area contributed by atoms with Crippen LogP contribution < -0.4 is 21.1 Å². The van der Waals surface area contributed by atoms with Gasteiger partial charge in [0.1, 0.15) is 24.4 Å². The average Bonchev–Trinajstić information content (AvgIpc) is 2.77. The predicted molar refractivity (Wildman–Crippen MR) is 96.6 cm³/mol. The van der Waals surface area contributed by atoms with Gasteiger partial charge in [-0.25, -0.2) is 0 Å². The number of hydrogen-bond donors (Lipinski definition) is 1. The van der Waals surface area contributed by atoms with Crippen molar-refractivity contribution in [2.75, 3.05) is 13.2 Å². The molecule has 0 aromatic heterocycles. The molecule has 0 aromatic rings. The lowest BCUT2D eigenvalue weighted by molar-refractivity contribution is -0.778. The molecule has 1 aliphatic rings. The Morgan fingerprint density at radius 3 is 2.28 bits per heavy atom. The van der Waals surface area contributed by atoms with E-state index in [1.54, 1.807) is 6.08 Å². The van der Waals surface area contributed by atoms with Crippen molar-refractivity contribution in [2.45, 2.75) is 50.4 Å². The SMILES string of the molecule is C=CCCCO[C@@H]1OC(COSOO[O-])[C@H](OSOO[O-])[C@H](OSOO[O-])C1NC(C)=O. The fraction of sp³-hybridized carbons (Fsp3) is 0.769. The van der Waals surface area contributed by atoms with Crippen molar-refractivity contribution in [1.29, 1.82) is 0 Å². The first-order valence-electron chi connectivity index (χ1n) is 8.56. The molecule has 188 valence electrons. The smallest absolute Gasteiger partial charge is 0.217 e. The number of unbranched alkanes of at least 4 members (excludes halogenated alkanes) is 1. The lowest BCUT2D eigenvalue weighted by atomic mass is 9.97. The van der Waals surface area contributed by atoms with Crippen LogP contribution in [0.3, 0.4) is 0 Å². The van der Waals surface area contributed by atoms with Gasteiger partial charge in [0.15, 0.2) is 43.3 Å². The van der Waals surface area contributed by atoms with E-state index in [-0.39, 0.29) is 50.2 Å². The van der Waals surface area contributed by atoms with Crippen molar-refractivity contribution < 1.29 is 70.7 Å². The zero-order valence-electron chi connectivity index (χ0n) is 16.3. The van der Waals surface area contributed by atoms with Crippen LogP contribution in [0.15, 0.2) is 12.7 Å². The van der Waals surface area contributed by atoms with Crippen LogP contribution >= 0.6 is 37.0 Å². The lowest BCUT2D eigenvalue weighted by Gasteiger charge is -2.44. The summed E-state index contributed by atoms with van der Waals surface area (Å²) in [5.41, 5.74) is 0. The van der Waals surface area contributed by atoms with Gasteiger partial charge >= 0.3 is 0 Å². The molecule has 16 nitrogen and oxygen atoms in total. The first kappa shape index (κ1) is 29.7. The summed E-state index contributed by atoms with van der Waals surface area (Å²) in [6.45, 7) is 4.77. The van der Waals surface area contributed by atoms with Crippen LogP contribution in [-0.2, 0) is 54.9 Å². The second-order valence-electron chi connectivity index (χ2n) is 5.59. The molecule has 0 aromatic carbocycles. The Balaban J connectivity index is 3.06. The van der Waals surface area contributed by atoms with Gasteiger partial charge in [-0.3, -0.25) is 32.5 Å². The third-order valence-corrected chi connectivity index (χ3v) is 4.77. The fourth-order valence-electron chi connectivity index (χ4n) is 2.50. The molecule has 0 bridgehead atoms. The molecular formula is C13H20NO15S3-3. The molecule has 2 unspecified atom stereocenters. The molecule has 1 amide bonds. The Morgan fingerprint density at radius 2 is 1.69 bits per heavy atom. The summed E-state index contributed by atoms with van der Waals surface area (Å²) in [7, 11) is 0. The summed E-state index contributed by atoms with van der Waals surface area (Å²) < 4.78 is 39.5. The Labute approximate surface area is 195 Å². The van der Waals surface area contributed by atoms with E-state index in [9.17, 15) is 20.6 Å². The second-order valence-corrected chi connectivity index (χ2v) is 7.03. The summed E-state index contributed by atoms with van der Waals surface area (Å²) >= 11 is 0.463. The molecule has 0 saturated carbocycles. The van der Waals surface area contributed by atoms with Gasteiger partial charge in [-0.2, -0.15) is 0 Å². The molecule has 1 rings (SSSR count). The first-order valence-corrected chi connectivity index (χ1v) is 10.6. The summed E-state index contributed by atoms with van der Waals surface area (Å²) in [6.07, 6.45) is -1.50. The molecule has 1 aliphatic heterocycles. The average molecular weight is 526 g/mol. The third-order valence-electron chi connectivity index (χ3n) is 3.60. The highest BCUT2D eigenvalue weighted by molar-refractivity contribution is 7.90. The third kappa shape index (κ3) is 11.7. The van der Waals surface area contributed by atoms with Crippen LogP contribution in [0.5, 0.6) is 0 Å². The minimum atomic E-state index is -1.17. The predicted octanol–water partition coefficient (Wildman–Crippen LogP) is -1.65. The van der Waals surface area contributed by atoms with Crippen LogP contribution in [0.1, 0.15) is 19.8 Å².